The number of nitrogens with zero attached hydrogens (tertiary/aromatic N) is 14. The molecule has 5 heterocycles. The van der Waals surface area contributed by atoms with Crippen LogP contribution < -0.4 is 39.4 Å². The molecule has 8 bridgehead atoms. The average Bonchev–Trinajstić information content (AvgIpc) is 1.59. The molecule has 3 aromatic heterocycles. The van der Waals surface area contributed by atoms with Crippen LogP contribution in [0.1, 0.15) is 0 Å². The van der Waals surface area contributed by atoms with Crippen molar-refractivity contribution in [2.75, 3.05) is 29.4 Å². The van der Waals surface area contributed by atoms with Crippen LogP contribution in [-0.2, 0) is 19.5 Å². The van der Waals surface area contributed by atoms with E-state index in [-0.39, 0.29) is 19.5 Å². The van der Waals surface area contributed by atoms with Gasteiger partial charge in [0.25, 0.3) is 0 Å². The second-order valence-electron chi connectivity index (χ2n) is 33.8. The largest absolute Gasteiger partial charge is 2.00 e. The van der Waals surface area contributed by atoms with Gasteiger partial charge in [-0.3, -0.25) is 0 Å². The van der Waals surface area contributed by atoms with Gasteiger partial charge in [-0.2, -0.15) is 9.79 Å². The molecule has 142 heavy (non-hydrogen) atoms. The maximum absolute atomic E-state index is 5.90. The summed E-state index contributed by atoms with van der Waals surface area (Å²) in [6.07, 6.45) is 0. The molecule has 14 nitrogen and oxygen atoms in total. The van der Waals surface area contributed by atoms with E-state index in [2.05, 4.69) is 466 Å². The van der Waals surface area contributed by atoms with Crippen LogP contribution in [0.2, 0.25) is 0 Å². The zero-order valence-electron chi connectivity index (χ0n) is 79.3. The van der Waals surface area contributed by atoms with E-state index in [1.807, 2.05) is 97.1 Å². The zero-order chi connectivity index (χ0) is 96.0. The van der Waals surface area contributed by atoms with Crippen LogP contribution in [0.5, 0.6) is 0 Å². The smallest absolute Gasteiger partial charge is 0.357 e. The SMILES string of the molecule is [2H]P[3H].[Zn+2].c1ccc(N(c2ccccc2)c2ccc(-c3ccc(N(c4ccccc4)c4ccccc4)cc3)cc2)cc1.c1ccc(N(c2ccccc2)c2ccc(N(c3ccc(N(c4ccccc4)c4ccccc4)cc3)c3ccc(N(c4ccccc4)c4cccc5ccccc45)cc3)cc2)cc1.c1ccc2c(c1)-c1nc-2nc2[n-]c(nc3nc(nc4[n-]c(n1)c1ccccc41)-c1ccccc1-3)c1ccccc21. The maximum Gasteiger partial charge on any atom is 2.00 e. The Labute approximate surface area is 842 Å². The van der Waals surface area contributed by atoms with Crippen molar-refractivity contribution < 1.29 is 19.5 Å². The molecule has 0 amide bonds. The number of aromatic nitrogens is 8. The van der Waals surface area contributed by atoms with Gasteiger partial charge >= 0.3 is 19.5 Å². The number of para-hydroxylation sites is 9. The summed E-state index contributed by atoms with van der Waals surface area (Å²) >= 11 is 0. The van der Waals surface area contributed by atoms with Crippen molar-refractivity contribution >= 4 is 167 Å². The fraction of sp³-hybridized carbons (Fsp3) is 0. The van der Waals surface area contributed by atoms with Crippen LogP contribution in [0.4, 0.5) is 102 Å². The average molecular weight is 1900 g/mol. The monoisotopic (exact) mass is 1900 g/mol. The summed E-state index contributed by atoms with van der Waals surface area (Å²) in [6.45, 7) is 0. The first-order chi connectivity index (χ1) is 70.9. The second-order valence-corrected chi connectivity index (χ2v) is 33.8. The molecule has 2 aliphatic heterocycles. The molecule has 23 aromatic rings. The van der Waals surface area contributed by atoms with Crippen LogP contribution in [-0.4, -0.2) is 32.5 Å². The van der Waals surface area contributed by atoms with Gasteiger partial charge < -0.3 is 59.3 Å². The fourth-order valence-corrected chi connectivity index (χ4v) is 18.6. The third-order valence-electron chi connectivity index (χ3n) is 25.1. The molecule has 0 spiro atoms. The Bertz CT molecular complexity index is 7770. The van der Waals surface area contributed by atoms with Crippen molar-refractivity contribution in [2.45, 2.75) is 0 Å². The Hall–Kier alpha value is -18.1. The normalized spacial score (nSPS) is 11.2. The number of benzene rings is 20. The second kappa shape index (κ2) is 41.4. The van der Waals surface area contributed by atoms with Gasteiger partial charge in [0.2, 0.25) is 0 Å². The van der Waals surface area contributed by atoms with Crippen molar-refractivity contribution in [3.63, 3.8) is 0 Å². The van der Waals surface area contributed by atoms with Gasteiger partial charge in [-0.05, 0) is 250 Å². The van der Waals surface area contributed by atoms with Crippen molar-refractivity contribution in [3.05, 3.63) is 534 Å². The summed E-state index contributed by atoms with van der Waals surface area (Å²) in [5, 5.41) is 5.98. The van der Waals surface area contributed by atoms with Crippen LogP contribution in [0.15, 0.2) is 534 Å². The number of fused-ring (bicyclic) bond motifs is 21. The molecule has 20 aromatic carbocycles. The van der Waals surface area contributed by atoms with Crippen molar-refractivity contribution in [3.8, 4) is 56.7 Å². The van der Waals surface area contributed by atoms with Crippen LogP contribution >= 0.6 is 9.79 Å². The van der Waals surface area contributed by atoms with Crippen molar-refractivity contribution in [1.82, 2.24) is 39.9 Å². The van der Waals surface area contributed by atoms with E-state index in [9.17, 15) is 0 Å². The number of hydrogen-bond donors (Lipinski definition) is 0. The number of rotatable bonds is 19. The number of hydrogen-bond acceptors (Lipinski definition) is 12. The maximum atomic E-state index is 5.90. The first-order valence-electron chi connectivity index (χ1n) is 47.8. The van der Waals surface area contributed by atoms with Gasteiger partial charge in [-0.1, -0.05) is 322 Å². The Morgan fingerprint density at radius 1 is 0.176 bits per heavy atom. The Morgan fingerprint density at radius 3 is 0.577 bits per heavy atom. The summed E-state index contributed by atoms with van der Waals surface area (Å²) in [7, 11) is -0.417. The van der Waals surface area contributed by atoms with E-state index in [1.54, 1.807) is 0 Å². The minimum Gasteiger partial charge on any atom is -0.357 e. The van der Waals surface area contributed by atoms with Gasteiger partial charge in [0.15, 0.2) is 0 Å². The molecular weight excluding hydrogens is 1810 g/mol. The Kier molecular flexibility index (Phi) is 25.6. The van der Waals surface area contributed by atoms with E-state index in [0.29, 0.717) is 45.9 Å². The molecule has 672 valence electrons. The van der Waals surface area contributed by atoms with Crippen LogP contribution in [0, 0.1) is 0 Å². The Morgan fingerprint density at radius 2 is 0.345 bits per heavy atom. The number of anilines is 18. The molecule has 0 saturated heterocycles. The first-order valence-corrected chi connectivity index (χ1v) is 46.8. The predicted octanol–water partition coefficient (Wildman–Crippen LogP) is 33.2. The summed E-state index contributed by atoms with van der Waals surface area (Å²) in [5.74, 6) is 2.21. The summed E-state index contributed by atoms with van der Waals surface area (Å²) in [4.78, 5) is 53.1. The van der Waals surface area contributed by atoms with Crippen LogP contribution in [0.3, 0.4) is 0 Å². The molecular formula is C126H91N14PZn. The minimum atomic E-state index is -0.417. The fourth-order valence-electron chi connectivity index (χ4n) is 18.6. The zero-order valence-corrected chi connectivity index (χ0v) is 81.2. The minimum absolute atomic E-state index is 0. The van der Waals surface area contributed by atoms with Gasteiger partial charge in [0.05, 0.1) is 31.5 Å². The molecule has 25 rings (SSSR count). The molecule has 0 fully saturated rings. The Balaban J connectivity index is 0.000000130. The topological polar surface area (TPSA) is 125 Å². The van der Waals surface area contributed by atoms with Gasteiger partial charge in [0.1, 0.15) is 0 Å². The van der Waals surface area contributed by atoms with E-state index in [4.69, 9.17) is 42.4 Å². The third-order valence-corrected chi connectivity index (χ3v) is 25.1. The molecule has 0 aliphatic carbocycles. The van der Waals surface area contributed by atoms with E-state index < -0.39 is 9.79 Å². The first kappa shape index (κ1) is 87.9. The predicted molar refractivity (Wildman–Crippen MR) is 589 cm³/mol. The summed E-state index contributed by atoms with van der Waals surface area (Å²) in [5.41, 5.74) is 28.0. The summed E-state index contributed by atoms with van der Waals surface area (Å²) in [6, 6.07) is 186. The van der Waals surface area contributed by atoms with E-state index in [0.717, 1.165) is 146 Å². The molecule has 16 heteroatoms. The van der Waals surface area contributed by atoms with Crippen molar-refractivity contribution in [1.29, 1.82) is 2.56 Å². The molecule has 0 N–H and O–H groups in total. The quantitative estimate of drug-likeness (QED) is 0.0563. The molecule has 1 atom stereocenters. The molecule has 2 aliphatic rings. The third kappa shape index (κ3) is 18.7. The standard InChI is InChI=1S/C58H44N4.C36H28N2.C32H16N8.H3P.Zn/c1-6-21-46(22-7-1)59(47-23-8-2-9-24-47)51-33-37-53(38-34-51)61(54-39-35-52(36-40-54)60(48-25-10-3-11-26-48)49-27-12-4-13-28-49)55-41-43-56(44-42-55)62(50-29-14-5-15-30-50)58-32-18-20-45-19-16-17-31-57(45)58;1-5-13-31(14-6-1)37(32-15-7-2-8-16-32)35-25-21-29(22-26-35)30-23-27-36(28-24-30)38(33-17-9-3-10-18-33)34-19-11-4-12-20-34;1-2-10-18-17(9-1)25-33-26(18)38-28-21-13-5-6-14-22(21)30(35-28)40-32-24-16-8-7-15-23(24)31(36-32)39-29-20-12-4-3-11-19(20)27(34-29)37-25;;/h1-44H;1-28H;1-16H;1H3;/q;;-2;;+2/i;;;1TD;. The van der Waals surface area contributed by atoms with E-state index >= 15 is 0 Å². The van der Waals surface area contributed by atoms with Crippen LogP contribution in [0.25, 0.3) is 112 Å². The molecule has 1 unspecified atom stereocenters. The van der Waals surface area contributed by atoms with Crippen molar-refractivity contribution in [2.24, 2.45) is 0 Å². The molecule has 0 radical (unpaired) electrons. The summed E-state index contributed by atoms with van der Waals surface area (Å²) < 4.78 is 11.8. The van der Waals surface area contributed by atoms with Gasteiger partial charge in [-0.15, -0.1) is 0 Å². The van der Waals surface area contributed by atoms with Gasteiger partial charge in [0, 0.05) is 147 Å². The van der Waals surface area contributed by atoms with E-state index in [1.165, 1.54) is 21.9 Å². The molecule has 0 saturated carbocycles. The van der Waals surface area contributed by atoms with Gasteiger partial charge in [-0.25, -0.2) is 9.97 Å².